The second-order valence-electron chi connectivity index (χ2n) is 8.68. The maximum atomic E-state index is 14.7. The molecule has 0 heterocycles. The first kappa shape index (κ1) is 16.0. The predicted octanol–water partition coefficient (Wildman–Crippen LogP) is 4.72. The third kappa shape index (κ3) is 1.71. The maximum Gasteiger partial charge on any atom is 0.214 e. The molecule has 0 aromatic heterocycles. The number of fused-ring (bicyclic) bond motifs is 5. The highest BCUT2D eigenvalue weighted by Gasteiger charge is 2.61. The highest BCUT2D eigenvalue weighted by Crippen LogP contribution is 2.66. The van der Waals surface area contributed by atoms with Crippen molar-refractivity contribution < 1.29 is 14.0 Å². The number of halogens is 1. The second-order valence-corrected chi connectivity index (χ2v) is 8.68. The Balaban J connectivity index is 1.85. The zero-order chi connectivity index (χ0) is 17.4. The molecule has 4 aliphatic rings. The molecule has 0 N–H and O–H groups in total. The fourth-order valence-corrected chi connectivity index (χ4v) is 6.28. The molecular weight excluding hydrogens is 303 g/mol. The average Bonchev–Trinajstić information content (AvgIpc) is 2.83. The molecule has 24 heavy (non-hydrogen) atoms. The van der Waals surface area contributed by atoms with Crippen LogP contribution in [0, 0.1) is 28.6 Å². The third-order valence-electron chi connectivity index (χ3n) is 7.87. The number of ketones is 2. The second kappa shape index (κ2) is 4.77. The van der Waals surface area contributed by atoms with Crippen LogP contribution in [0.5, 0.6) is 0 Å². The van der Waals surface area contributed by atoms with Crippen molar-refractivity contribution in [2.24, 2.45) is 28.6 Å². The van der Waals surface area contributed by atoms with E-state index in [0.717, 1.165) is 30.4 Å². The van der Waals surface area contributed by atoms with E-state index in [0.29, 0.717) is 30.1 Å². The van der Waals surface area contributed by atoms with Gasteiger partial charge in [0.05, 0.1) is 0 Å². The average molecular weight is 328 g/mol. The van der Waals surface area contributed by atoms with E-state index in [9.17, 15) is 14.0 Å². The van der Waals surface area contributed by atoms with Crippen LogP contribution in [-0.2, 0) is 9.59 Å². The lowest BCUT2D eigenvalue weighted by Crippen LogP contribution is -2.51. The molecule has 0 radical (unpaired) electrons. The highest BCUT2D eigenvalue weighted by atomic mass is 19.1. The van der Waals surface area contributed by atoms with E-state index in [4.69, 9.17) is 0 Å². The normalized spacial score (nSPS) is 44.9. The number of carbonyl (C=O) groups is 2. The van der Waals surface area contributed by atoms with Gasteiger partial charge < -0.3 is 0 Å². The standard InChI is InChI=1S/C21H25FO2/c1-11-9-15-19(22)16(23)10-12(2)21(15,4)14-7-8-20(3)13(18(11)14)5-6-17(20)24/h10,13-14,18H,1,5-9H2,2-4H3/t13-,14-,18-,20-,21+/m0/s1. The molecule has 0 unspecified atom stereocenters. The monoisotopic (exact) mass is 328 g/mol. The van der Waals surface area contributed by atoms with Crippen LogP contribution in [0.4, 0.5) is 4.39 Å². The Morgan fingerprint density at radius 1 is 1.21 bits per heavy atom. The van der Waals surface area contributed by atoms with Crippen LogP contribution in [0.25, 0.3) is 0 Å². The van der Waals surface area contributed by atoms with Gasteiger partial charge in [-0.1, -0.05) is 31.6 Å². The lowest BCUT2D eigenvalue weighted by Gasteiger charge is -2.57. The zero-order valence-electron chi connectivity index (χ0n) is 14.7. The Hall–Kier alpha value is -1.51. The molecule has 4 aliphatic carbocycles. The van der Waals surface area contributed by atoms with Gasteiger partial charge in [0.1, 0.15) is 5.78 Å². The number of Topliss-reactive ketones (excluding diaryl/α,β-unsaturated/α-hetero) is 1. The van der Waals surface area contributed by atoms with Gasteiger partial charge in [0, 0.05) is 17.3 Å². The number of rotatable bonds is 0. The van der Waals surface area contributed by atoms with E-state index >= 15 is 0 Å². The van der Waals surface area contributed by atoms with Gasteiger partial charge in [-0.25, -0.2) is 4.39 Å². The van der Waals surface area contributed by atoms with Crippen LogP contribution < -0.4 is 0 Å². The molecule has 2 nitrogen and oxygen atoms in total. The van der Waals surface area contributed by atoms with Crippen molar-refractivity contribution in [3.63, 3.8) is 0 Å². The molecule has 4 rings (SSSR count). The molecule has 0 spiro atoms. The van der Waals surface area contributed by atoms with Crippen molar-refractivity contribution in [3.05, 3.63) is 35.2 Å². The van der Waals surface area contributed by atoms with Crippen molar-refractivity contribution in [1.82, 2.24) is 0 Å². The summed E-state index contributed by atoms with van der Waals surface area (Å²) in [7, 11) is 0. The van der Waals surface area contributed by atoms with Crippen molar-refractivity contribution in [2.75, 3.05) is 0 Å². The highest BCUT2D eigenvalue weighted by molar-refractivity contribution is 6.05. The Morgan fingerprint density at radius 2 is 1.92 bits per heavy atom. The van der Waals surface area contributed by atoms with Gasteiger partial charge in [-0.05, 0) is 62.0 Å². The maximum absolute atomic E-state index is 14.7. The van der Waals surface area contributed by atoms with Crippen LogP contribution in [0.2, 0.25) is 0 Å². The van der Waals surface area contributed by atoms with E-state index in [1.807, 2.05) is 6.92 Å². The molecule has 0 aromatic carbocycles. The Labute approximate surface area is 142 Å². The van der Waals surface area contributed by atoms with Crippen molar-refractivity contribution in [1.29, 1.82) is 0 Å². The summed E-state index contributed by atoms with van der Waals surface area (Å²) in [6.45, 7) is 10.5. The summed E-state index contributed by atoms with van der Waals surface area (Å²) in [6.07, 6.45) is 5.30. The predicted molar refractivity (Wildman–Crippen MR) is 90.8 cm³/mol. The Kier molecular flexibility index (Phi) is 3.18. The molecule has 3 fully saturated rings. The summed E-state index contributed by atoms with van der Waals surface area (Å²) in [5.74, 6) is 0.146. The number of carbonyl (C=O) groups excluding carboxylic acids is 2. The van der Waals surface area contributed by atoms with Gasteiger partial charge in [0.25, 0.3) is 0 Å². The molecular formula is C21H25FO2. The molecule has 0 bridgehead atoms. The summed E-state index contributed by atoms with van der Waals surface area (Å²) in [5, 5.41) is 0. The number of hydrogen-bond acceptors (Lipinski definition) is 2. The van der Waals surface area contributed by atoms with Gasteiger partial charge in [-0.2, -0.15) is 0 Å². The summed E-state index contributed by atoms with van der Waals surface area (Å²) in [4.78, 5) is 24.4. The lowest BCUT2D eigenvalue weighted by molar-refractivity contribution is -0.130. The third-order valence-corrected chi connectivity index (χ3v) is 7.87. The minimum Gasteiger partial charge on any atom is -0.299 e. The van der Waals surface area contributed by atoms with Crippen LogP contribution in [0.15, 0.2) is 35.2 Å². The first-order valence-electron chi connectivity index (χ1n) is 9.04. The summed E-state index contributed by atoms with van der Waals surface area (Å²) in [5.41, 5.74) is 1.99. The molecule has 5 atom stereocenters. The van der Waals surface area contributed by atoms with Crippen LogP contribution >= 0.6 is 0 Å². The Bertz CT molecular complexity index is 743. The summed E-state index contributed by atoms with van der Waals surface area (Å²) in [6, 6.07) is 0. The van der Waals surface area contributed by atoms with E-state index in [-0.39, 0.29) is 17.3 Å². The van der Waals surface area contributed by atoms with Crippen LogP contribution in [0.1, 0.15) is 52.9 Å². The van der Waals surface area contributed by atoms with Gasteiger partial charge in [-0.3, -0.25) is 9.59 Å². The molecule has 128 valence electrons. The molecule has 3 saturated carbocycles. The van der Waals surface area contributed by atoms with Gasteiger partial charge in [0.2, 0.25) is 5.78 Å². The van der Waals surface area contributed by atoms with Crippen molar-refractivity contribution in [3.8, 4) is 0 Å². The number of hydrogen-bond donors (Lipinski definition) is 0. The first-order chi connectivity index (χ1) is 11.2. The largest absolute Gasteiger partial charge is 0.299 e. The number of allylic oxidation sites excluding steroid dienone is 5. The fourth-order valence-electron chi connectivity index (χ4n) is 6.28. The van der Waals surface area contributed by atoms with Gasteiger partial charge in [-0.15, -0.1) is 0 Å². The smallest absolute Gasteiger partial charge is 0.214 e. The lowest BCUT2D eigenvalue weighted by atomic mass is 9.46. The SMILES string of the molecule is C=C1CC2=C(F)C(=O)C=C(C)[C@]2(C)[C@H]2CC[C@]3(C)C(=O)CC[C@H]3[C@H]12. The first-order valence-corrected chi connectivity index (χ1v) is 9.04. The van der Waals surface area contributed by atoms with E-state index < -0.39 is 17.0 Å². The fraction of sp³-hybridized carbons (Fsp3) is 0.619. The van der Waals surface area contributed by atoms with Crippen LogP contribution in [0.3, 0.4) is 0 Å². The molecule has 0 saturated heterocycles. The Morgan fingerprint density at radius 3 is 2.62 bits per heavy atom. The van der Waals surface area contributed by atoms with Crippen molar-refractivity contribution in [2.45, 2.75) is 52.9 Å². The minimum atomic E-state index is -0.571. The van der Waals surface area contributed by atoms with Gasteiger partial charge in [0.15, 0.2) is 5.83 Å². The van der Waals surface area contributed by atoms with E-state index in [2.05, 4.69) is 20.4 Å². The topological polar surface area (TPSA) is 34.1 Å². The van der Waals surface area contributed by atoms with E-state index in [1.165, 1.54) is 6.08 Å². The quantitative estimate of drug-likeness (QED) is 0.603. The zero-order valence-corrected chi connectivity index (χ0v) is 14.7. The molecule has 3 heteroatoms. The van der Waals surface area contributed by atoms with Crippen LogP contribution in [-0.4, -0.2) is 11.6 Å². The van der Waals surface area contributed by atoms with Crippen molar-refractivity contribution >= 4 is 11.6 Å². The molecule has 0 amide bonds. The molecule has 0 aliphatic heterocycles. The summed E-state index contributed by atoms with van der Waals surface area (Å²) >= 11 is 0. The van der Waals surface area contributed by atoms with Gasteiger partial charge >= 0.3 is 0 Å². The summed E-state index contributed by atoms with van der Waals surface area (Å²) < 4.78 is 14.7. The molecule has 0 aromatic rings. The minimum absolute atomic E-state index is 0.234. The van der Waals surface area contributed by atoms with E-state index in [1.54, 1.807) is 0 Å².